The Kier molecular flexibility index (Phi) is 5.31. The quantitative estimate of drug-likeness (QED) is 0.691. The maximum Gasteiger partial charge on any atom is 0.293 e. The van der Waals surface area contributed by atoms with Crippen LogP contribution in [0.25, 0.3) is 5.65 Å². The molecule has 0 aliphatic carbocycles. The van der Waals surface area contributed by atoms with Crippen molar-refractivity contribution in [3.05, 3.63) is 64.5 Å². The number of piperidine rings is 1. The summed E-state index contributed by atoms with van der Waals surface area (Å²) in [6, 6.07) is 11.0. The molecule has 7 heteroatoms. The summed E-state index contributed by atoms with van der Waals surface area (Å²) in [5.41, 5.74) is 7.66. The van der Waals surface area contributed by atoms with Gasteiger partial charge in [0.1, 0.15) is 0 Å². The monoisotopic (exact) mass is 366 g/mol. The summed E-state index contributed by atoms with van der Waals surface area (Å²) in [6.07, 6.45) is 7.98. The Morgan fingerprint density at radius 1 is 1.22 bits per heavy atom. The van der Waals surface area contributed by atoms with E-state index >= 15 is 0 Å². The highest BCUT2D eigenvalue weighted by Gasteiger charge is 2.30. The number of H-pyrrole nitrogens is 1. The van der Waals surface area contributed by atoms with Crippen molar-refractivity contribution in [2.45, 2.75) is 38.3 Å². The molecular formula is C20H26N6O. The van der Waals surface area contributed by atoms with Crippen molar-refractivity contribution in [3.63, 3.8) is 0 Å². The Labute approximate surface area is 158 Å². The molecule has 1 saturated heterocycles. The molecule has 2 unspecified atom stereocenters. The summed E-state index contributed by atoms with van der Waals surface area (Å²) in [6.45, 7) is 2.37. The second-order valence-electron chi connectivity index (χ2n) is 7.32. The van der Waals surface area contributed by atoms with Crippen molar-refractivity contribution < 1.29 is 0 Å². The molecule has 4 rings (SSSR count). The van der Waals surface area contributed by atoms with Crippen molar-refractivity contribution in [2.24, 2.45) is 11.7 Å². The van der Waals surface area contributed by atoms with E-state index in [1.807, 2.05) is 12.3 Å². The van der Waals surface area contributed by atoms with Crippen LogP contribution < -0.4 is 11.3 Å². The van der Waals surface area contributed by atoms with E-state index in [0.29, 0.717) is 30.7 Å². The van der Waals surface area contributed by atoms with Gasteiger partial charge in [0.15, 0.2) is 5.82 Å². The molecule has 0 bridgehead atoms. The first-order valence-electron chi connectivity index (χ1n) is 9.65. The number of aromatic amines is 1. The molecule has 2 aromatic heterocycles. The van der Waals surface area contributed by atoms with Crippen molar-refractivity contribution in [3.8, 4) is 0 Å². The fourth-order valence-electron chi connectivity index (χ4n) is 4.22. The van der Waals surface area contributed by atoms with Crippen LogP contribution in [0.3, 0.4) is 0 Å². The Bertz CT molecular complexity index is 934. The Morgan fingerprint density at radius 3 is 2.89 bits per heavy atom. The Morgan fingerprint density at radius 2 is 2.07 bits per heavy atom. The third kappa shape index (κ3) is 3.79. The summed E-state index contributed by atoms with van der Waals surface area (Å²) in [5.74, 6) is 1.20. The van der Waals surface area contributed by atoms with Gasteiger partial charge < -0.3 is 10.7 Å². The van der Waals surface area contributed by atoms with Crippen LogP contribution in [0.4, 0.5) is 0 Å². The van der Waals surface area contributed by atoms with Crippen molar-refractivity contribution >= 4 is 5.65 Å². The van der Waals surface area contributed by atoms with E-state index in [-0.39, 0.29) is 5.56 Å². The number of nitrogens with zero attached hydrogens (tertiary/aromatic N) is 4. The van der Waals surface area contributed by atoms with Gasteiger partial charge in [-0.15, -0.1) is 10.2 Å². The Balaban J connectivity index is 1.56. The SMILES string of the molecule is NCC(Cc1ccccc1)C1CCCCN1Cc1nnc2c(=O)[nH]ccn12. The van der Waals surface area contributed by atoms with E-state index < -0.39 is 0 Å². The first-order chi connectivity index (χ1) is 13.3. The van der Waals surface area contributed by atoms with E-state index in [2.05, 4.69) is 44.3 Å². The number of hydrogen-bond donors (Lipinski definition) is 2. The maximum atomic E-state index is 11.9. The number of nitrogens with two attached hydrogens (primary N) is 1. The van der Waals surface area contributed by atoms with Crippen LogP contribution in [0.15, 0.2) is 47.5 Å². The third-order valence-electron chi connectivity index (χ3n) is 5.60. The molecule has 1 fully saturated rings. The number of rotatable bonds is 6. The van der Waals surface area contributed by atoms with E-state index in [1.165, 1.54) is 18.4 Å². The molecule has 0 spiro atoms. The fraction of sp³-hybridized carbons (Fsp3) is 0.450. The average Bonchev–Trinajstić information content (AvgIpc) is 3.12. The van der Waals surface area contributed by atoms with Crippen LogP contribution in [-0.4, -0.2) is 43.6 Å². The highest BCUT2D eigenvalue weighted by atomic mass is 16.1. The van der Waals surface area contributed by atoms with Gasteiger partial charge in [0.05, 0.1) is 6.54 Å². The van der Waals surface area contributed by atoms with Gasteiger partial charge in [-0.05, 0) is 43.8 Å². The lowest BCUT2D eigenvalue weighted by molar-refractivity contribution is 0.0912. The van der Waals surface area contributed by atoms with Crippen molar-refractivity contribution in [1.29, 1.82) is 0 Å². The van der Waals surface area contributed by atoms with Gasteiger partial charge in [0.2, 0.25) is 5.65 Å². The molecule has 2 atom stereocenters. The molecule has 1 aromatic carbocycles. The molecule has 0 amide bonds. The van der Waals surface area contributed by atoms with Gasteiger partial charge in [0.25, 0.3) is 5.56 Å². The van der Waals surface area contributed by atoms with Crippen molar-refractivity contribution in [2.75, 3.05) is 13.1 Å². The lowest BCUT2D eigenvalue weighted by atomic mass is 9.86. The Hall–Kier alpha value is -2.51. The zero-order valence-corrected chi connectivity index (χ0v) is 15.4. The predicted octanol–water partition coefficient (Wildman–Crippen LogP) is 1.59. The first-order valence-corrected chi connectivity index (χ1v) is 9.65. The largest absolute Gasteiger partial charge is 0.330 e. The molecular weight excluding hydrogens is 340 g/mol. The van der Waals surface area contributed by atoms with Gasteiger partial charge in [-0.3, -0.25) is 14.1 Å². The van der Waals surface area contributed by atoms with Gasteiger partial charge in [-0.1, -0.05) is 36.8 Å². The normalized spacial score (nSPS) is 19.4. The minimum atomic E-state index is -0.213. The second kappa shape index (κ2) is 8.02. The smallest absolute Gasteiger partial charge is 0.293 e. The van der Waals surface area contributed by atoms with Gasteiger partial charge in [-0.2, -0.15) is 0 Å². The molecule has 27 heavy (non-hydrogen) atoms. The standard InChI is InChI=1S/C20H26N6O/c21-13-16(12-15-6-2-1-3-7-15)17-8-4-5-10-25(17)14-18-23-24-19-20(27)22-9-11-26(18)19/h1-3,6-7,9,11,16-17H,4-5,8,10,12-14,21H2,(H,22,27). The predicted molar refractivity (Wildman–Crippen MR) is 104 cm³/mol. The maximum absolute atomic E-state index is 11.9. The second-order valence-corrected chi connectivity index (χ2v) is 7.32. The molecule has 7 nitrogen and oxygen atoms in total. The fourth-order valence-corrected chi connectivity index (χ4v) is 4.22. The third-order valence-corrected chi connectivity index (χ3v) is 5.60. The molecule has 3 heterocycles. The van der Waals surface area contributed by atoms with E-state index in [0.717, 1.165) is 25.2 Å². The molecule has 1 aliphatic rings. The van der Waals surface area contributed by atoms with Crippen LogP contribution in [0.2, 0.25) is 0 Å². The highest BCUT2D eigenvalue weighted by molar-refractivity contribution is 5.33. The van der Waals surface area contributed by atoms with E-state index in [1.54, 1.807) is 10.6 Å². The minimum Gasteiger partial charge on any atom is -0.330 e. The highest BCUT2D eigenvalue weighted by Crippen LogP contribution is 2.27. The van der Waals surface area contributed by atoms with Crippen LogP contribution >= 0.6 is 0 Å². The van der Waals surface area contributed by atoms with Crippen LogP contribution in [-0.2, 0) is 13.0 Å². The molecule has 1 aliphatic heterocycles. The average molecular weight is 366 g/mol. The molecule has 3 aromatic rings. The van der Waals surface area contributed by atoms with Gasteiger partial charge in [-0.25, -0.2) is 0 Å². The van der Waals surface area contributed by atoms with Gasteiger partial charge in [0, 0.05) is 18.4 Å². The molecule has 0 saturated carbocycles. The lowest BCUT2D eigenvalue weighted by Gasteiger charge is -2.40. The number of fused-ring (bicyclic) bond motifs is 1. The topological polar surface area (TPSA) is 92.3 Å². The number of nitrogens with one attached hydrogen (secondary N) is 1. The van der Waals surface area contributed by atoms with Crippen molar-refractivity contribution in [1.82, 2.24) is 24.5 Å². The lowest BCUT2D eigenvalue weighted by Crippen LogP contribution is -2.46. The minimum absolute atomic E-state index is 0.213. The van der Waals surface area contributed by atoms with Crippen LogP contribution in [0, 0.1) is 5.92 Å². The number of benzene rings is 1. The molecule has 3 N–H and O–H groups in total. The van der Waals surface area contributed by atoms with E-state index in [9.17, 15) is 4.79 Å². The summed E-state index contributed by atoms with van der Waals surface area (Å²) in [4.78, 5) is 17.0. The zero-order valence-electron chi connectivity index (χ0n) is 15.4. The summed E-state index contributed by atoms with van der Waals surface area (Å²) < 4.78 is 1.79. The first kappa shape index (κ1) is 17.9. The van der Waals surface area contributed by atoms with Crippen LogP contribution in [0.1, 0.15) is 30.7 Å². The summed E-state index contributed by atoms with van der Waals surface area (Å²) in [7, 11) is 0. The zero-order chi connectivity index (χ0) is 18.6. The summed E-state index contributed by atoms with van der Waals surface area (Å²) in [5, 5.41) is 8.33. The molecule has 0 radical (unpaired) electrons. The molecule has 142 valence electrons. The summed E-state index contributed by atoms with van der Waals surface area (Å²) >= 11 is 0. The number of likely N-dealkylation sites (tertiary alicyclic amines) is 1. The number of hydrogen-bond acceptors (Lipinski definition) is 5. The van der Waals surface area contributed by atoms with E-state index in [4.69, 9.17) is 5.73 Å². The van der Waals surface area contributed by atoms with Gasteiger partial charge >= 0.3 is 0 Å². The number of aromatic nitrogens is 4. The van der Waals surface area contributed by atoms with Crippen LogP contribution in [0.5, 0.6) is 0 Å².